The van der Waals surface area contributed by atoms with E-state index in [0.29, 0.717) is 12.0 Å². The van der Waals surface area contributed by atoms with Crippen LogP contribution in [0.1, 0.15) is 43.7 Å². The van der Waals surface area contributed by atoms with Gasteiger partial charge in [-0.1, -0.05) is 38.1 Å². The lowest BCUT2D eigenvalue weighted by Crippen LogP contribution is -2.40. The minimum absolute atomic E-state index is 0.321. The van der Waals surface area contributed by atoms with Crippen molar-refractivity contribution in [3.05, 3.63) is 35.4 Å². The Labute approximate surface area is 133 Å². The molecule has 0 aromatic heterocycles. The second-order valence-corrected chi connectivity index (χ2v) is 6.46. The van der Waals surface area contributed by atoms with Gasteiger partial charge in [-0.05, 0) is 42.1 Å². The molecule has 0 saturated carbocycles. The molecule has 1 aromatic carbocycles. The van der Waals surface area contributed by atoms with Gasteiger partial charge in [-0.25, -0.2) is 0 Å². The quantitative estimate of drug-likeness (QED) is 0.844. The van der Waals surface area contributed by atoms with Crippen molar-refractivity contribution in [1.82, 2.24) is 10.2 Å². The highest BCUT2D eigenvalue weighted by atomic mass is 32.1. The third-order valence-electron chi connectivity index (χ3n) is 3.92. The summed E-state index contributed by atoms with van der Waals surface area (Å²) >= 11 is 5.44. The molecular formula is C17H26N2OS. The first-order valence-corrected chi connectivity index (χ1v) is 8.16. The van der Waals surface area contributed by atoms with Crippen LogP contribution >= 0.6 is 12.2 Å². The molecule has 1 unspecified atom stereocenters. The predicted octanol–water partition coefficient (Wildman–Crippen LogP) is 3.30. The van der Waals surface area contributed by atoms with Crippen molar-refractivity contribution in [3.63, 3.8) is 0 Å². The van der Waals surface area contributed by atoms with Crippen LogP contribution < -0.4 is 5.32 Å². The second kappa shape index (κ2) is 7.76. The standard InChI is InChI=1S/C17H26N2OS/c1-13(2)15-8-6-14(7-9-15)12-19(3)17(21)18-11-16-5-4-10-20-16/h6-9,13,16H,4-5,10-12H2,1-3H3,(H,18,21). The van der Waals surface area contributed by atoms with Crippen LogP contribution in [-0.4, -0.2) is 36.3 Å². The van der Waals surface area contributed by atoms with E-state index in [1.54, 1.807) is 0 Å². The fourth-order valence-corrected chi connectivity index (χ4v) is 2.64. The van der Waals surface area contributed by atoms with E-state index in [9.17, 15) is 0 Å². The smallest absolute Gasteiger partial charge is 0.169 e. The highest BCUT2D eigenvalue weighted by Crippen LogP contribution is 2.15. The number of hydrogen-bond donors (Lipinski definition) is 1. The maximum absolute atomic E-state index is 5.60. The van der Waals surface area contributed by atoms with Crippen LogP contribution in [0, 0.1) is 0 Å². The Morgan fingerprint density at radius 2 is 2.10 bits per heavy atom. The largest absolute Gasteiger partial charge is 0.376 e. The zero-order chi connectivity index (χ0) is 15.2. The lowest BCUT2D eigenvalue weighted by Gasteiger charge is -2.22. The summed E-state index contributed by atoms with van der Waals surface area (Å²) in [6.07, 6.45) is 2.62. The van der Waals surface area contributed by atoms with Gasteiger partial charge in [0.05, 0.1) is 6.10 Å². The van der Waals surface area contributed by atoms with Crippen LogP contribution in [-0.2, 0) is 11.3 Å². The van der Waals surface area contributed by atoms with Crippen LogP contribution in [0.15, 0.2) is 24.3 Å². The minimum atomic E-state index is 0.321. The van der Waals surface area contributed by atoms with Gasteiger partial charge in [0.2, 0.25) is 0 Å². The van der Waals surface area contributed by atoms with Gasteiger partial charge in [-0.3, -0.25) is 0 Å². The van der Waals surface area contributed by atoms with Crippen LogP contribution in [0.2, 0.25) is 0 Å². The van der Waals surface area contributed by atoms with Gasteiger partial charge in [0.1, 0.15) is 0 Å². The third-order valence-corrected chi connectivity index (χ3v) is 4.37. The topological polar surface area (TPSA) is 24.5 Å². The van der Waals surface area contributed by atoms with Crippen molar-refractivity contribution in [2.75, 3.05) is 20.2 Å². The van der Waals surface area contributed by atoms with Crippen LogP contribution in [0.25, 0.3) is 0 Å². The Bertz CT molecular complexity index is 452. The number of nitrogens with zero attached hydrogens (tertiary/aromatic N) is 1. The fraction of sp³-hybridized carbons (Fsp3) is 0.588. The van der Waals surface area contributed by atoms with E-state index < -0.39 is 0 Å². The molecule has 0 aliphatic carbocycles. The predicted molar refractivity (Wildman–Crippen MR) is 91.6 cm³/mol. The molecule has 0 spiro atoms. The number of hydrogen-bond acceptors (Lipinski definition) is 2. The summed E-state index contributed by atoms with van der Waals surface area (Å²) in [5.74, 6) is 0.575. The Balaban J connectivity index is 1.79. The summed E-state index contributed by atoms with van der Waals surface area (Å²) in [5.41, 5.74) is 2.66. The summed E-state index contributed by atoms with van der Waals surface area (Å²) in [4.78, 5) is 2.08. The maximum atomic E-state index is 5.60. The van der Waals surface area contributed by atoms with E-state index in [1.165, 1.54) is 11.1 Å². The fourth-order valence-electron chi connectivity index (χ4n) is 2.50. The number of nitrogens with one attached hydrogen (secondary N) is 1. The SMILES string of the molecule is CC(C)c1ccc(CN(C)C(=S)NCC2CCCO2)cc1. The summed E-state index contributed by atoms with van der Waals surface area (Å²) in [6.45, 7) is 6.96. The van der Waals surface area contributed by atoms with E-state index >= 15 is 0 Å². The molecule has 1 saturated heterocycles. The molecule has 1 aliphatic rings. The van der Waals surface area contributed by atoms with E-state index in [-0.39, 0.29) is 0 Å². The highest BCUT2D eigenvalue weighted by molar-refractivity contribution is 7.80. The van der Waals surface area contributed by atoms with Crippen LogP contribution in [0.4, 0.5) is 0 Å². The van der Waals surface area contributed by atoms with E-state index in [2.05, 4.69) is 48.3 Å². The summed E-state index contributed by atoms with van der Waals surface area (Å²) in [7, 11) is 2.03. The normalized spacial score (nSPS) is 18.0. The Morgan fingerprint density at radius 3 is 2.67 bits per heavy atom. The Morgan fingerprint density at radius 1 is 1.38 bits per heavy atom. The van der Waals surface area contributed by atoms with Crippen molar-refractivity contribution < 1.29 is 4.74 Å². The molecule has 0 radical (unpaired) electrons. The summed E-state index contributed by atoms with van der Waals surface area (Å²) < 4.78 is 5.60. The molecular weight excluding hydrogens is 280 g/mol. The van der Waals surface area contributed by atoms with E-state index in [0.717, 1.165) is 37.7 Å². The Hall–Kier alpha value is -1.13. The molecule has 1 N–H and O–H groups in total. The molecule has 4 heteroatoms. The van der Waals surface area contributed by atoms with Crippen molar-refractivity contribution in [2.45, 2.75) is 45.3 Å². The lowest BCUT2D eigenvalue weighted by molar-refractivity contribution is 0.113. The number of benzene rings is 1. The average molecular weight is 306 g/mol. The molecule has 1 fully saturated rings. The molecule has 2 rings (SSSR count). The first-order chi connectivity index (χ1) is 10.1. The number of rotatable bonds is 5. The van der Waals surface area contributed by atoms with Crippen molar-refractivity contribution in [2.24, 2.45) is 0 Å². The van der Waals surface area contributed by atoms with Gasteiger partial charge in [-0.15, -0.1) is 0 Å². The third kappa shape index (κ3) is 4.97. The molecule has 1 aliphatic heterocycles. The van der Waals surface area contributed by atoms with Crippen molar-refractivity contribution >= 4 is 17.3 Å². The summed E-state index contributed by atoms with van der Waals surface area (Å²) in [5, 5.41) is 4.10. The molecule has 116 valence electrons. The van der Waals surface area contributed by atoms with Gasteiger partial charge < -0.3 is 15.0 Å². The average Bonchev–Trinajstić information content (AvgIpc) is 2.98. The van der Waals surface area contributed by atoms with Gasteiger partial charge in [0, 0.05) is 26.7 Å². The van der Waals surface area contributed by atoms with Gasteiger partial charge in [0.15, 0.2) is 5.11 Å². The molecule has 3 nitrogen and oxygen atoms in total. The molecule has 0 amide bonds. The van der Waals surface area contributed by atoms with Gasteiger partial charge in [-0.2, -0.15) is 0 Å². The highest BCUT2D eigenvalue weighted by Gasteiger charge is 2.16. The molecule has 21 heavy (non-hydrogen) atoms. The Kier molecular flexibility index (Phi) is 6.00. The first kappa shape index (κ1) is 16.2. The zero-order valence-corrected chi connectivity index (χ0v) is 14.1. The van der Waals surface area contributed by atoms with Crippen LogP contribution in [0.5, 0.6) is 0 Å². The van der Waals surface area contributed by atoms with Gasteiger partial charge >= 0.3 is 0 Å². The van der Waals surface area contributed by atoms with Crippen LogP contribution in [0.3, 0.4) is 0 Å². The maximum Gasteiger partial charge on any atom is 0.169 e. The number of ether oxygens (including phenoxy) is 1. The molecule has 0 bridgehead atoms. The first-order valence-electron chi connectivity index (χ1n) is 7.75. The molecule has 1 heterocycles. The number of thiocarbonyl (C=S) groups is 1. The lowest BCUT2D eigenvalue weighted by atomic mass is 10.0. The minimum Gasteiger partial charge on any atom is -0.376 e. The van der Waals surface area contributed by atoms with E-state index in [1.807, 2.05) is 7.05 Å². The van der Waals surface area contributed by atoms with Crippen molar-refractivity contribution in [1.29, 1.82) is 0 Å². The second-order valence-electron chi connectivity index (χ2n) is 6.07. The monoisotopic (exact) mass is 306 g/mol. The van der Waals surface area contributed by atoms with E-state index in [4.69, 9.17) is 17.0 Å². The zero-order valence-electron chi connectivity index (χ0n) is 13.3. The molecule has 1 atom stereocenters. The summed E-state index contributed by atoms with van der Waals surface area (Å²) in [6, 6.07) is 8.79. The van der Waals surface area contributed by atoms with Crippen molar-refractivity contribution in [3.8, 4) is 0 Å². The van der Waals surface area contributed by atoms with Gasteiger partial charge in [0.25, 0.3) is 0 Å². The molecule has 1 aromatic rings.